The minimum atomic E-state index is -1.12. The molecule has 0 heterocycles. The van der Waals surface area contributed by atoms with Crippen molar-refractivity contribution in [2.75, 3.05) is 0 Å². The molecule has 96 valence electrons. The number of carbonyl (C=O) groups excluding carboxylic acids is 3. The Morgan fingerprint density at radius 1 is 1.06 bits per heavy atom. The number of rotatable bonds is 8. The van der Waals surface area contributed by atoms with Gasteiger partial charge in [-0.15, -0.1) is 0 Å². The van der Waals surface area contributed by atoms with E-state index in [2.05, 4.69) is 5.32 Å². The molecule has 6 nitrogen and oxygen atoms in total. The Hall–Kier alpha value is -1.14. The van der Waals surface area contributed by atoms with Gasteiger partial charge in [0, 0.05) is 12.8 Å². The molecule has 8 heteroatoms. The quantitative estimate of drug-likeness (QED) is 0.637. The first-order chi connectivity index (χ1) is 7.82. The van der Waals surface area contributed by atoms with Crippen LogP contribution in [0.3, 0.4) is 0 Å². The van der Waals surface area contributed by atoms with E-state index in [-0.39, 0.29) is 25.7 Å². The molecule has 0 aromatic rings. The lowest BCUT2D eigenvalue weighted by Gasteiger charge is -2.13. The summed E-state index contributed by atoms with van der Waals surface area (Å²) in [5.41, 5.74) is 0. The molecule has 2 N–H and O–H groups in total. The van der Waals surface area contributed by atoms with Crippen LogP contribution in [0, 0.1) is 0 Å². The summed E-state index contributed by atoms with van der Waals surface area (Å²) in [7, 11) is 0. The predicted molar refractivity (Wildman–Crippen MR) is 59.8 cm³/mol. The first-order valence-electron chi connectivity index (χ1n) is 4.71. The first-order valence-corrected chi connectivity index (χ1v) is 5.47. The topological polar surface area (TPSA) is 101 Å². The molecule has 0 radical (unpaired) electrons. The Labute approximate surface area is 107 Å². The lowest BCUT2D eigenvalue weighted by atomic mass is 10.1. The number of carboxylic acid groups (broad SMARTS) is 1. The molecule has 17 heavy (non-hydrogen) atoms. The summed E-state index contributed by atoms with van der Waals surface area (Å²) in [5, 5.41) is 9.11. The van der Waals surface area contributed by atoms with Crippen LogP contribution in [0.1, 0.15) is 25.7 Å². The van der Waals surface area contributed by atoms with Crippen molar-refractivity contribution in [3.8, 4) is 0 Å². The monoisotopic (exact) mass is 283 g/mol. The number of carbonyl (C=O) groups is 4. The minimum Gasteiger partial charge on any atom is -0.481 e. The van der Waals surface area contributed by atoms with Crippen molar-refractivity contribution >= 4 is 45.6 Å². The fraction of sp³-hybridized carbons (Fsp3) is 0.556. The van der Waals surface area contributed by atoms with E-state index >= 15 is 0 Å². The van der Waals surface area contributed by atoms with Crippen molar-refractivity contribution in [3.63, 3.8) is 0 Å². The maximum Gasteiger partial charge on any atom is 0.303 e. The van der Waals surface area contributed by atoms with Crippen LogP contribution in [0.15, 0.2) is 0 Å². The van der Waals surface area contributed by atoms with Gasteiger partial charge >= 0.3 is 5.97 Å². The second-order valence-electron chi connectivity index (χ2n) is 3.21. The number of halogens is 2. The van der Waals surface area contributed by atoms with Gasteiger partial charge < -0.3 is 10.4 Å². The van der Waals surface area contributed by atoms with Crippen LogP contribution < -0.4 is 5.32 Å². The van der Waals surface area contributed by atoms with Crippen LogP contribution in [0.2, 0.25) is 0 Å². The Kier molecular flexibility index (Phi) is 7.49. The molecule has 0 fully saturated rings. The molecule has 1 amide bonds. The maximum atomic E-state index is 11.2. The summed E-state index contributed by atoms with van der Waals surface area (Å²) >= 11 is 10.3. The average molecular weight is 284 g/mol. The number of carboxylic acids is 1. The zero-order valence-corrected chi connectivity index (χ0v) is 10.3. The van der Waals surface area contributed by atoms with E-state index in [1.807, 2.05) is 0 Å². The van der Waals surface area contributed by atoms with Gasteiger partial charge in [-0.3, -0.25) is 19.2 Å². The summed E-state index contributed by atoms with van der Waals surface area (Å²) in [6.45, 7) is 0. The van der Waals surface area contributed by atoms with Crippen LogP contribution >= 0.6 is 23.2 Å². The van der Waals surface area contributed by atoms with Gasteiger partial charge in [-0.05, 0) is 29.6 Å². The van der Waals surface area contributed by atoms with Crippen LogP contribution in [0.25, 0.3) is 0 Å². The first kappa shape index (κ1) is 15.9. The predicted octanol–water partition coefficient (Wildman–Crippen LogP) is 0.647. The van der Waals surface area contributed by atoms with Crippen molar-refractivity contribution in [2.45, 2.75) is 31.7 Å². The third-order valence-electron chi connectivity index (χ3n) is 1.80. The Morgan fingerprint density at radius 2 is 1.65 bits per heavy atom. The molecule has 0 aliphatic rings. The van der Waals surface area contributed by atoms with Crippen LogP contribution in [-0.4, -0.2) is 33.5 Å². The molecular formula is C9H11Cl2NO5. The summed E-state index contributed by atoms with van der Waals surface area (Å²) in [6.07, 6.45) is -0.721. The molecule has 1 atom stereocenters. The zero-order valence-electron chi connectivity index (χ0n) is 8.74. The molecule has 0 rings (SSSR count). The highest BCUT2D eigenvalue weighted by Gasteiger charge is 2.19. The highest BCUT2D eigenvalue weighted by molar-refractivity contribution is 6.65. The molecule has 0 aliphatic heterocycles. The lowest BCUT2D eigenvalue weighted by molar-refractivity contribution is -0.139. The fourth-order valence-electron chi connectivity index (χ4n) is 0.987. The van der Waals surface area contributed by atoms with Crippen molar-refractivity contribution in [1.82, 2.24) is 5.32 Å². The number of hydrogen-bond donors (Lipinski definition) is 2. The summed E-state index contributed by atoms with van der Waals surface area (Å²) in [5.74, 6) is -1.74. The van der Waals surface area contributed by atoms with Gasteiger partial charge in [0.1, 0.15) is 6.04 Å². The number of amides is 1. The van der Waals surface area contributed by atoms with E-state index in [9.17, 15) is 19.2 Å². The smallest absolute Gasteiger partial charge is 0.303 e. The Bertz CT molecular complexity index is 331. The van der Waals surface area contributed by atoms with E-state index in [1.54, 1.807) is 0 Å². The minimum absolute atomic E-state index is 0.0104. The van der Waals surface area contributed by atoms with Gasteiger partial charge in [0.05, 0.1) is 6.42 Å². The molecule has 0 saturated heterocycles. The second kappa shape index (κ2) is 8.03. The number of nitrogens with one attached hydrogen (secondary N) is 1. The standard InChI is InChI=1S/C9H11Cl2NO5/c10-6(13)2-1-5(9(11)17)12-7(14)3-4-8(15)16/h5H,1-4H2,(H,12,14)(H,15,16). The van der Waals surface area contributed by atoms with Gasteiger partial charge in [-0.1, -0.05) is 0 Å². The van der Waals surface area contributed by atoms with Gasteiger partial charge in [0.2, 0.25) is 16.4 Å². The third kappa shape index (κ3) is 8.65. The summed E-state index contributed by atoms with van der Waals surface area (Å²) in [4.78, 5) is 42.8. The largest absolute Gasteiger partial charge is 0.481 e. The van der Waals surface area contributed by atoms with Gasteiger partial charge in [0.25, 0.3) is 0 Å². The molecule has 0 bridgehead atoms. The van der Waals surface area contributed by atoms with Crippen LogP contribution in [0.5, 0.6) is 0 Å². The number of hydrogen-bond acceptors (Lipinski definition) is 4. The fourth-order valence-corrected chi connectivity index (χ4v) is 1.26. The van der Waals surface area contributed by atoms with Crippen molar-refractivity contribution < 1.29 is 24.3 Å². The second-order valence-corrected chi connectivity index (χ2v) is 4.01. The SMILES string of the molecule is O=C(O)CCC(=O)NC(CCC(=O)Cl)C(=O)Cl. The van der Waals surface area contributed by atoms with Gasteiger partial charge in [0.15, 0.2) is 0 Å². The van der Waals surface area contributed by atoms with E-state index in [0.717, 1.165) is 0 Å². The Balaban J connectivity index is 4.15. The maximum absolute atomic E-state index is 11.2. The molecule has 0 aliphatic carbocycles. The highest BCUT2D eigenvalue weighted by Crippen LogP contribution is 2.05. The zero-order chi connectivity index (χ0) is 13.4. The summed E-state index contributed by atoms with van der Waals surface area (Å²) < 4.78 is 0. The van der Waals surface area contributed by atoms with Crippen molar-refractivity contribution in [2.24, 2.45) is 0 Å². The normalized spacial score (nSPS) is 11.6. The van der Waals surface area contributed by atoms with Crippen LogP contribution in [-0.2, 0) is 19.2 Å². The molecule has 1 unspecified atom stereocenters. The molecular weight excluding hydrogens is 273 g/mol. The van der Waals surface area contributed by atoms with E-state index in [4.69, 9.17) is 28.3 Å². The Morgan fingerprint density at radius 3 is 2.06 bits per heavy atom. The average Bonchev–Trinajstić information content (AvgIpc) is 2.20. The number of aliphatic carboxylic acids is 1. The van der Waals surface area contributed by atoms with Crippen molar-refractivity contribution in [1.29, 1.82) is 0 Å². The van der Waals surface area contributed by atoms with Gasteiger partial charge in [-0.2, -0.15) is 0 Å². The molecule has 0 aromatic carbocycles. The third-order valence-corrected chi connectivity index (χ3v) is 2.26. The lowest BCUT2D eigenvalue weighted by Crippen LogP contribution is -2.39. The molecule has 0 aromatic heterocycles. The van der Waals surface area contributed by atoms with Crippen molar-refractivity contribution in [3.05, 3.63) is 0 Å². The van der Waals surface area contributed by atoms with E-state index < -0.39 is 28.4 Å². The van der Waals surface area contributed by atoms with Gasteiger partial charge in [-0.25, -0.2) is 0 Å². The molecule has 0 saturated carbocycles. The van der Waals surface area contributed by atoms with Crippen LogP contribution in [0.4, 0.5) is 0 Å². The summed E-state index contributed by atoms with van der Waals surface area (Å²) in [6, 6.07) is -1.03. The molecule has 0 spiro atoms. The highest BCUT2D eigenvalue weighted by atomic mass is 35.5. The van der Waals surface area contributed by atoms with E-state index in [0.29, 0.717) is 0 Å². The van der Waals surface area contributed by atoms with E-state index in [1.165, 1.54) is 0 Å².